The number of hydrogen-bond acceptors (Lipinski definition) is 6. The highest BCUT2D eigenvalue weighted by atomic mass is 32.2. The minimum absolute atomic E-state index is 0.248. The zero-order valence-corrected chi connectivity index (χ0v) is 14.6. The minimum atomic E-state index is -0.248. The van der Waals surface area contributed by atoms with Crippen molar-refractivity contribution in [3.05, 3.63) is 71.5 Å². The summed E-state index contributed by atoms with van der Waals surface area (Å²) in [4.78, 5) is 4.58. The average Bonchev–Trinajstić information content (AvgIpc) is 3.31. The quantitative estimate of drug-likeness (QED) is 0.447. The van der Waals surface area contributed by atoms with E-state index in [9.17, 15) is 4.39 Å². The fraction of sp³-hybridized carbons (Fsp3) is 0.0556. The van der Waals surface area contributed by atoms with Gasteiger partial charge in [-0.05, 0) is 36.4 Å². The Morgan fingerprint density at radius 2 is 1.76 bits per heavy atom. The van der Waals surface area contributed by atoms with Gasteiger partial charge in [0.15, 0.2) is 0 Å². The van der Waals surface area contributed by atoms with Crippen LogP contribution in [0.15, 0.2) is 69.6 Å². The largest absolute Gasteiger partial charge is 0.411 e. The van der Waals surface area contributed by atoms with Crippen LogP contribution in [0.2, 0.25) is 0 Å². The van der Waals surface area contributed by atoms with Crippen molar-refractivity contribution < 1.29 is 8.81 Å². The lowest BCUT2D eigenvalue weighted by Gasteiger charge is -1.96. The van der Waals surface area contributed by atoms with Gasteiger partial charge in [0, 0.05) is 22.3 Å². The van der Waals surface area contributed by atoms with Gasteiger partial charge < -0.3 is 4.42 Å². The molecule has 0 aliphatic carbocycles. The fourth-order valence-corrected chi connectivity index (χ4v) is 3.79. The molecule has 0 radical (unpaired) electrons. The first kappa shape index (κ1) is 16.0. The van der Waals surface area contributed by atoms with Crippen molar-refractivity contribution >= 4 is 23.1 Å². The van der Waals surface area contributed by atoms with Crippen molar-refractivity contribution in [3.8, 4) is 22.0 Å². The Bertz CT molecular complexity index is 967. The molecule has 4 nitrogen and oxygen atoms in total. The highest BCUT2D eigenvalue weighted by Crippen LogP contribution is 2.29. The molecule has 25 heavy (non-hydrogen) atoms. The van der Waals surface area contributed by atoms with Crippen LogP contribution in [-0.2, 0) is 5.75 Å². The SMILES string of the molecule is Fc1ccc(-c2nc(CSc3nnc(-c4ccccc4)o3)cs2)cc1. The van der Waals surface area contributed by atoms with Crippen LogP contribution in [-0.4, -0.2) is 15.2 Å². The third-order valence-corrected chi connectivity index (χ3v) is 5.21. The molecule has 4 aromatic rings. The van der Waals surface area contributed by atoms with Crippen LogP contribution in [0.3, 0.4) is 0 Å². The van der Waals surface area contributed by atoms with Crippen molar-refractivity contribution in [2.45, 2.75) is 11.0 Å². The molecule has 124 valence electrons. The van der Waals surface area contributed by atoms with Crippen LogP contribution in [0, 0.1) is 5.82 Å². The van der Waals surface area contributed by atoms with Gasteiger partial charge in [0.25, 0.3) is 5.22 Å². The van der Waals surface area contributed by atoms with Crippen LogP contribution in [0.5, 0.6) is 0 Å². The van der Waals surface area contributed by atoms with Gasteiger partial charge in [-0.1, -0.05) is 30.0 Å². The second kappa shape index (κ2) is 7.16. The maximum absolute atomic E-state index is 13.0. The fourth-order valence-electron chi connectivity index (χ4n) is 2.20. The van der Waals surface area contributed by atoms with Crippen LogP contribution in [0.25, 0.3) is 22.0 Å². The molecule has 0 fully saturated rings. The standard InChI is InChI=1S/C18H12FN3OS2/c19-14-8-6-13(7-9-14)17-20-15(10-24-17)11-25-18-22-21-16(23-18)12-4-2-1-3-5-12/h1-10H,11H2. The van der Waals surface area contributed by atoms with Gasteiger partial charge >= 0.3 is 0 Å². The number of thiazole rings is 1. The molecule has 0 saturated heterocycles. The highest BCUT2D eigenvalue weighted by molar-refractivity contribution is 7.98. The molecule has 7 heteroatoms. The lowest BCUT2D eigenvalue weighted by molar-refractivity contribution is 0.466. The third kappa shape index (κ3) is 3.78. The van der Waals surface area contributed by atoms with Crippen molar-refractivity contribution in [1.82, 2.24) is 15.2 Å². The molecule has 0 unspecified atom stereocenters. The first-order valence-electron chi connectivity index (χ1n) is 7.50. The Morgan fingerprint density at radius 3 is 2.56 bits per heavy atom. The Kier molecular flexibility index (Phi) is 4.58. The summed E-state index contributed by atoms with van der Waals surface area (Å²) in [5.74, 6) is 0.892. The van der Waals surface area contributed by atoms with Crippen molar-refractivity contribution in [2.75, 3.05) is 0 Å². The van der Waals surface area contributed by atoms with E-state index in [1.165, 1.54) is 35.2 Å². The smallest absolute Gasteiger partial charge is 0.277 e. The molecule has 0 aliphatic rings. The Hall–Kier alpha value is -2.51. The molecule has 0 amide bonds. The summed E-state index contributed by atoms with van der Waals surface area (Å²) in [6.45, 7) is 0. The van der Waals surface area contributed by atoms with Gasteiger partial charge in [0.05, 0.1) is 5.69 Å². The summed E-state index contributed by atoms with van der Waals surface area (Å²) < 4.78 is 18.7. The Morgan fingerprint density at radius 1 is 0.960 bits per heavy atom. The molecule has 0 N–H and O–H groups in total. The van der Waals surface area contributed by atoms with Crippen LogP contribution in [0.4, 0.5) is 4.39 Å². The first-order valence-corrected chi connectivity index (χ1v) is 9.36. The average molecular weight is 369 g/mol. The highest BCUT2D eigenvalue weighted by Gasteiger charge is 2.11. The molecule has 0 bridgehead atoms. The van der Waals surface area contributed by atoms with Gasteiger partial charge in [-0.3, -0.25) is 0 Å². The number of nitrogens with zero attached hydrogens (tertiary/aromatic N) is 3. The predicted octanol–water partition coefficient (Wildman–Crippen LogP) is 5.29. The molecule has 0 saturated carbocycles. The summed E-state index contributed by atoms with van der Waals surface area (Å²) in [7, 11) is 0. The van der Waals surface area contributed by atoms with E-state index < -0.39 is 0 Å². The molecular weight excluding hydrogens is 357 g/mol. The molecule has 0 aliphatic heterocycles. The second-order valence-electron chi connectivity index (χ2n) is 5.18. The molecule has 0 spiro atoms. The van der Waals surface area contributed by atoms with Gasteiger partial charge in [0.1, 0.15) is 10.8 Å². The summed E-state index contributed by atoms with van der Waals surface area (Å²) in [6, 6.07) is 16.0. The van der Waals surface area contributed by atoms with Gasteiger partial charge in [-0.25, -0.2) is 9.37 Å². The van der Waals surface area contributed by atoms with Crippen LogP contribution in [0.1, 0.15) is 5.69 Å². The molecule has 2 aromatic heterocycles. The zero-order chi connectivity index (χ0) is 17.1. The summed E-state index contributed by atoms with van der Waals surface area (Å²) in [5.41, 5.74) is 2.73. The number of hydrogen-bond donors (Lipinski definition) is 0. The summed E-state index contributed by atoms with van der Waals surface area (Å²) in [5, 5.41) is 11.5. The van der Waals surface area contributed by atoms with Crippen LogP contribution < -0.4 is 0 Å². The van der Waals surface area contributed by atoms with E-state index in [2.05, 4.69) is 15.2 Å². The van der Waals surface area contributed by atoms with E-state index in [4.69, 9.17) is 4.42 Å². The molecule has 4 rings (SSSR count). The maximum Gasteiger partial charge on any atom is 0.277 e. The third-order valence-electron chi connectivity index (χ3n) is 3.41. The number of benzene rings is 2. The zero-order valence-electron chi connectivity index (χ0n) is 12.9. The normalized spacial score (nSPS) is 10.9. The monoisotopic (exact) mass is 369 g/mol. The number of halogens is 1. The summed E-state index contributed by atoms with van der Waals surface area (Å²) in [6.07, 6.45) is 0. The topological polar surface area (TPSA) is 51.8 Å². The molecule has 0 atom stereocenters. The second-order valence-corrected chi connectivity index (χ2v) is 6.96. The number of thioether (sulfide) groups is 1. The van der Waals surface area contributed by atoms with E-state index in [1.54, 1.807) is 12.1 Å². The minimum Gasteiger partial charge on any atom is -0.411 e. The molecule has 2 aromatic carbocycles. The van der Waals surface area contributed by atoms with E-state index >= 15 is 0 Å². The molecule has 2 heterocycles. The van der Waals surface area contributed by atoms with E-state index in [0.717, 1.165) is 21.8 Å². The van der Waals surface area contributed by atoms with E-state index in [-0.39, 0.29) is 5.82 Å². The first-order chi connectivity index (χ1) is 12.3. The lowest BCUT2D eigenvalue weighted by atomic mass is 10.2. The van der Waals surface area contributed by atoms with Crippen molar-refractivity contribution in [1.29, 1.82) is 0 Å². The lowest BCUT2D eigenvalue weighted by Crippen LogP contribution is -1.82. The van der Waals surface area contributed by atoms with Gasteiger partial charge in [-0.15, -0.1) is 21.5 Å². The van der Waals surface area contributed by atoms with Gasteiger partial charge in [-0.2, -0.15) is 0 Å². The van der Waals surface area contributed by atoms with E-state index in [1.807, 2.05) is 35.7 Å². The van der Waals surface area contributed by atoms with Crippen molar-refractivity contribution in [3.63, 3.8) is 0 Å². The maximum atomic E-state index is 13.0. The molecular formula is C18H12FN3OS2. The number of aromatic nitrogens is 3. The van der Waals surface area contributed by atoms with Crippen LogP contribution >= 0.6 is 23.1 Å². The Balaban J connectivity index is 1.42. The summed E-state index contributed by atoms with van der Waals surface area (Å²) >= 11 is 2.98. The van der Waals surface area contributed by atoms with Gasteiger partial charge in [0.2, 0.25) is 5.89 Å². The Labute approximate surface area is 151 Å². The number of rotatable bonds is 5. The predicted molar refractivity (Wildman–Crippen MR) is 96.8 cm³/mol. The van der Waals surface area contributed by atoms with E-state index in [0.29, 0.717) is 16.9 Å². The van der Waals surface area contributed by atoms with Crippen molar-refractivity contribution in [2.24, 2.45) is 0 Å².